The minimum absolute atomic E-state index is 0.256. The van der Waals surface area contributed by atoms with E-state index < -0.39 is 0 Å². The second-order valence-corrected chi connectivity index (χ2v) is 7.99. The lowest BCUT2D eigenvalue weighted by Crippen LogP contribution is -1.98. The third kappa shape index (κ3) is 4.73. The molecule has 0 saturated heterocycles. The molecule has 2 aromatic carbocycles. The zero-order chi connectivity index (χ0) is 19.3. The van der Waals surface area contributed by atoms with Crippen LogP contribution in [0.25, 0.3) is 11.5 Å². The Morgan fingerprint density at radius 1 is 0.964 bits per heavy atom. The molecule has 0 aliphatic heterocycles. The lowest BCUT2D eigenvalue weighted by atomic mass is 10.2. The highest BCUT2D eigenvalue weighted by Crippen LogP contribution is 2.29. The van der Waals surface area contributed by atoms with Crippen LogP contribution < -0.4 is 5.32 Å². The van der Waals surface area contributed by atoms with Crippen LogP contribution in [0.15, 0.2) is 63.6 Å². The molecule has 0 unspecified atom stereocenters. The Morgan fingerprint density at radius 3 is 2.43 bits per heavy atom. The normalized spacial score (nSPS) is 10.9. The molecule has 0 spiro atoms. The van der Waals surface area contributed by atoms with Gasteiger partial charge in [0.25, 0.3) is 0 Å². The SMILES string of the molecule is Fc1ccc(CNc2nnc(SCc3coc(-c4ccc(F)cc4)n3)s2)cc1. The van der Waals surface area contributed by atoms with E-state index >= 15 is 0 Å². The molecule has 4 aromatic rings. The number of thioether (sulfide) groups is 1. The smallest absolute Gasteiger partial charge is 0.226 e. The molecule has 0 bridgehead atoms. The first-order chi connectivity index (χ1) is 13.7. The summed E-state index contributed by atoms with van der Waals surface area (Å²) in [7, 11) is 0. The van der Waals surface area contributed by atoms with Gasteiger partial charge in [-0.05, 0) is 42.0 Å². The Balaban J connectivity index is 1.31. The number of halogens is 2. The van der Waals surface area contributed by atoms with Crippen molar-refractivity contribution < 1.29 is 13.2 Å². The number of rotatable bonds is 7. The molecule has 0 atom stereocenters. The summed E-state index contributed by atoms with van der Waals surface area (Å²) in [6.07, 6.45) is 1.58. The molecule has 0 aliphatic carbocycles. The number of benzene rings is 2. The Labute approximate surface area is 167 Å². The molecule has 0 fully saturated rings. The molecule has 142 valence electrons. The van der Waals surface area contributed by atoms with Crippen molar-refractivity contribution >= 4 is 28.2 Å². The number of oxazole rings is 1. The van der Waals surface area contributed by atoms with Crippen molar-refractivity contribution in [3.05, 3.63) is 77.7 Å². The van der Waals surface area contributed by atoms with Gasteiger partial charge in [0.05, 0.1) is 5.69 Å². The molecule has 4 rings (SSSR count). The van der Waals surface area contributed by atoms with Crippen molar-refractivity contribution in [2.45, 2.75) is 16.6 Å². The molecule has 2 heterocycles. The van der Waals surface area contributed by atoms with Crippen LogP contribution in [-0.4, -0.2) is 15.2 Å². The van der Waals surface area contributed by atoms with Crippen LogP contribution in [0.3, 0.4) is 0 Å². The summed E-state index contributed by atoms with van der Waals surface area (Å²) in [5.74, 6) is 0.478. The van der Waals surface area contributed by atoms with Crippen LogP contribution in [0.1, 0.15) is 11.3 Å². The molecule has 0 saturated carbocycles. The van der Waals surface area contributed by atoms with E-state index in [-0.39, 0.29) is 11.6 Å². The summed E-state index contributed by atoms with van der Waals surface area (Å²) in [5.41, 5.74) is 2.45. The van der Waals surface area contributed by atoms with Crippen molar-refractivity contribution in [1.82, 2.24) is 15.2 Å². The maximum absolute atomic E-state index is 13.0. The highest BCUT2D eigenvalue weighted by Gasteiger charge is 2.10. The largest absolute Gasteiger partial charge is 0.444 e. The minimum atomic E-state index is -0.300. The van der Waals surface area contributed by atoms with Gasteiger partial charge in [-0.2, -0.15) is 0 Å². The molecule has 0 amide bonds. The summed E-state index contributed by atoms with van der Waals surface area (Å²) < 4.78 is 32.2. The summed E-state index contributed by atoms with van der Waals surface area (Å²) in [4.78, 5) is 4.42. The van der Waals surface area contributed by atoms with E-state index in [2.05, 4.69) is 20.5 Å². The Kier molecular flexibility index (Phi) is 5.63. The minimum Gasteiger partial charge on any atom is -0.444 e. The Bertz CT molecular complexity index is 1050. The second-order valence-electron chi connectivity index (χ2n) is 5.79. The van der Waals surface area contributed by atoms with Crippen molar-refractivity contribution in [2.75, 3.05) is 5.32 Å². The zero-order valence-corrected chi connectivity index (χ0v) is 16.1. The second kappa shape index (κ2) is 8.49. The summed E-state index contributed by atoms with van der Waals surface area (Å²) in [5, 5.41) is 12.1. The van der Waals surface area contributed by atoms with Gasteiger partial charge in [0.15, 0.2) is 4.34 Å². The van der Waals surface area contributed by atoms with Gasteiger partial charge < -0.3 is 9.73 Å². The first-order valence-corrected chi connectivity index (χ1v) is 10.1. The highest BCUT2D eigenvalue weighted by molar-refractivity contribution is 8.00. The topological polar surface area (TPSA) is 63.8 Å². The van der Waals surface area contributed by atoms with E-state index in [4.69, 9.17) is 4.42 Å². The Morgan fingerprint density at radius 2 is 1.68 bits per heavy atom. The summed E-state index contributed by atoms with van der Waals surface area (Å²) in [6.45, 7) is 0.546. The van der Waals surface area contributed by atoms with E-state index in [1.165, 1.54) is 47.4 Å². The van der Waals surface area contributed by atoms with E-state index in [1.807, 2.05) is 0 Å². The van der Waals surface area contributed by atoms with Crippen molar-refractivity contribution in [3.8, 4) is 11.5 Å². The molecule has 9 heteroatoms. The quantitative estimate of drug-likeness (QED) is 0.408. The molecule has 0 radical (unpaired) electrons. The van der Waals surface area contributed by atoms with Gasteiger partial charge in [-0.15, -0.1) is 10.2 Å². The monoisotopic (exact) mass is 416 g/mol. The molecule has 5 nitrogen and oxygen atoms in total. The van der Waals surface area contributed by atoms with Crippen LogP contribution in [-0.2, 0) is 12.3 Å². The molecular weight excluding hydrogens is 402 g/mol. The highest BCUT2D eigenvalue weighted by atomic mass is 32.2. The third-order valence-electron chi connectivity index (χ3n) is 3.75. The van der Waals surface area contributed by atoms with E-state index in [1.54, 1.807) is 30.5 Å². The standard InChI is InChI=1S/C19H14F2N4OS2/c20-14-5-1-12(2-6-14)9-22-18-24-25-19(28-18)27-11-16-10-26-17(23-16)13-3-7-15(21)8-4-13/h1-8,10H,9,11H2,(H,22,24). The Hall–Kier alpha value is -2.78. The lowest BCUT2D eigenvalue weighted by Gasteiger charge is -2.01. The average molecular weight is 416 g/mol. The fourth-order valence-electron chi connectivity index (χ4n) is 2.35. The van der Waals surface area contributed by atoms with Crippen molar-refractivity contribution in [3.63, 3.8) is 0 Å². The van der Waals surface area contributed by atoms with Crippen molar-refractivity contribution in [2.24, 2.45) is 0 Å². The molecule has 0 aliphatic rings. The predicted molar refractivity (Wildman–Crippen MR) is 105 cm³/mol. The maximum atomic E-state index is 13.0. The molecule has 28 heavy (non-hydrogen) atoms. The first kappa shape index (κ1) is 18.6. The first-order valence-electron chi connectivity index (χ1n) is 8.31. The number of nitrogens with one attached hydrogen (secondary N) is 1. The van der Waals surface area contributed by atoms with Crippen LogP contribution >= 0.6 is 23.1 Å². The number of aromatic nitrogens is 3. The summed E-state index contributed by atoms with van der Waals surface area (Å²) >= 11 is 2.94. The van der Waals surface area contributed by atoms with Gasteiger partial charge in [-0.3, -0.25) is 0 Å². The predicted octanol–water partition coefficient (Wildman–Crippen LogP) is 5.38. The van der Waals surface area contributed by atoms with Crippen LogP contribution in [0.4, 0.5) is 13.9 Å². The maximum Gasteiger partial charge on any atom is 0.226 e. The van der Waals surface area contributed by atoms with Gasteiger partial charge >= 0.3 is 0 Å². The molecular formula is C19H14F2N4OS2. The zero-order valence-electron chi connectivity index (χ0n) is 14.4. The van der Waals surface area contributed by atoms with Crippen molar-refractivity contribution in [1.29, 1.82) is 0 Å². The van der Waals surface area contributed by atoms with E-state index in [0.29, 0.717) is 23.3 Å². The lowest BCUT2D eigenvalue weighted by molar-refractivity contribution is 0.573. The number of anilines is 1. The fourth-order valence-corrected chi connectivity index (χ4v) is 3.98. The van der Waals surface area contributed by atoms with Gasteiger partial charge in [0, 0.05) is 17.9 Å². The average Bonchev–Trinajstić information content (AvgIpc) is 3.36. The van der Waals surface area contributed by atoms with Gasteiger partial charge in [-0.1, -0.05) is 35.2 Å². The number of nitrogens with zero attached hydrogens (tertiary/aromatic N) is 3. The number of hydrogen-bond donors (Lipinski definition) is 1. The summed E-state index contributed by atoms with van der Waals surface area (Å²) in [6, 6.07) is 12.3. The van der Waals surface area contributed by atoms with Crippen LogP contribution in [0.2, 0.25) is 0 Å². The van der Waals surface area contributed by atoms with Gasteiger partial charge in [-0.25, -0.2) is 13.8 Å². The van der Waals surface area contributed by atoms with Crippen LogP contribution in [0, 0.1) is 11.6 Å². The van der Waals surface area contributed by atoms with Gasteiger partial charge in [0.2, 0.25) is 11.0 Å². The van der Waals surface area contributed by atoms with E-state index in [9.17, 15) is 8.78 Å². The third-order valence-corrected chi connectivity index (χ3v) is 5.80. The number of hydrogen-bond acceptors (Lipinski definition) is 7. The molecule has 1 N–H and O–H groups in total. The molecule has 2 aromatic heterocycles. The van der Waals surface area contributed by atoms with Crippen LogP contribution in [0.5, 0.6) is 0 Å². The fraction of sp³-hybridized carbons (Fsp3) is 0.105. The van der Waals surface area contributed by atoms with E-state index in [0.717, 1.165) is 21.2 Å². The van der Waals surface area contributed by atoms with Gasteiger partial charge in [0.1, 0.15) is 17.9 Å².